The summed E-state index contributed by atoms with van der Waals surface area (Å²) in [5.41, 5.74) is -1.29. The zero-order valence-electron chi connectivity index (χ0n) is 14.0. The fraction of sp³-hybridized carbons (Fsp3) is 0.111. The first-order valence-electron chi connectivity index (χ1n) is 8.03. The van der Waals surface area contributed by atoms with Crippen LogP contribution in [0.25, 0.3) is 20.4 Å². The Morgan fingerprint density at radius 3 is 2.71 bits per heavy atom. The van der Waals surface area contributed by atoms with Crippen molar-refractivity contribution in [2.24, 2.45) is 0 Å². The van der Waals surface area contributed by atoms with Gasteiger partial charge in [-0.15, -0.1) is 11.3 Å². The highest BCUT2D eigenvalue weighted by molar-refractivity contribution is 7.25. The molecule has 0 atom stereocenters. The van der Waals surface area contributed by atoms with E-state index in [1.165, 1.54) is 18.5 Å². The molecule has 1 aromatic carbocycles. The zero-order chi connectivity index (χ0) is 19.9. The van der Waals surface area contributed by atoms with Crippen LogP contribution in [0, 0.1) is 0 Å². The van der Waals surface area contributed by atoms with Crippen LogP contribution >= 0.6 is 11.3 Å². The van der Waals surface area contributed by atoms with Gasteiger partial charge in [0.25, 0.3) is 5.56 Å². The molecule has 0 spiro atoms. The van der Waals surface area contributed by atoms with E-state index in [2.05, 4.69) is 15.3 Å². The SMILES string of the molecule is O=C(Cn1cnc2c(sc3ncccc32)c1=O)Nc1ccccc1C(F)(F)F. The molecule has 28 heavy (non-hydrogen) atoms. The lowest BCUT2D eigenvalue weighted by Crippen LogP contribution is -2.28. The molecule has 0 unspecified atom stereocenters. The number of nitrogens with zero attached hydrogens (tertiary/aromatic N) is 3. The molecule has 4 aromatic rings. The lowest BCUT2D eigenvalue weighted by atomic mass is 10.1. The maximum Gasteiger partial charge on any atom is 0.418 e. The number of aromatic nitrogens is 3. The number of rotatable bonds is 3. The highest BCUT2D eigenvalue weighted by atomic mass is 32.1. The van der Waals surface area contributed by atoms with Crippen LogP contribution in [-0.4, -0.2) is 20.4 Å². The Labute approximate surface area is 159 Å². The van der Waals surface area contributed by atoms with Crippen LogP contribution in [0.2, 0.25) is 0 Å². The summed E-state index contributed by atoms with van der Waals surface area (Å²) in [4.78, 5) is 34.0. The number of alkyl halides is 3. The molecule has 1 amide bonds. The average Bonchev–Trinajstić information content (AvgIpc) is 3.03. The fourth-order valence-electron chi connectivity index (χ4n) is 2.80. The zero-order valence-corrected chi connectivity index (χ0v) is 14.8. The van der Waals surface area contributed by atoms with E-state index in [9.17, 15) is 22.8 Å². The summed E-state index contributed by atoms with van der Waals surface area (Å²) in [7, 11) is 0. The first-order chi connectivity index (χ1) is 13.3. The van der Waals surface area contributed by atoms with Gasteiger partial charge >= 0.3 is 6.18 Å². The normalized spacial score (nSPS) is 11.8. The lowest BCUT2D eigenvalue weighted by Gasteiger charge is -2.13. The number of halogens is 3. The molecule has 3 aromatic heterocycles. The highest BCUT2D eigenvalue weighted by Gasteiger charge is 2.33. The van der Waals surface area contributed by atoms with Gasteiger partial charge < -0.3 is 5.32 Å². The largest absolute Gasteiger partial charge is 0.418 e. The highest BCUT2D eigenvalue weighted by Crippen LogP contribution is 2.34. The minimum Gasteiger partial charge on any atom is -0.324 e. The number of hydrogen-bond donors (Lipinski definition) is 1. The van der Waals surface area contributed by atoms with Gasteiger partial charge in [0.05, 0.1) is 23.1 Å². The first-order valence-corrected chi connectivity index (χ1v) is 8.85. The number of carbonyl (C=O) groups excluding carboxylic acids is 1. The Hall–Kier alpha value is -3.27. The minimum absolute atomic E-state index is 0.333. The lowest BCUT2D eigenvalue weighted by molar-refractivity contribution is -0.137. The molecular formula is C18H11F3N4O2S. The molecule has 6 nitrogen and oxygen atoms in total. The summed E-state index contributed by atoms with van der Waals surface area (Å²) in [5, 5.41) is 2.94. The number of hydrogen-bond acceptors (Lipinski definition) is 5. The number of pyridine rings is 1. The Bertz CT molecular complexity index is 1260. The molecule has 0 saturated carbocycles. The van der Waals surface area contributed by atoms with Crippen molar-refractivity contribution in [1.29, 1.82) is 0 Å². The topological polar surface area (TPSA) is 76.9 Å². The van der Waals surface area contributed by atoms with Gasteiger partial charge in [-0.05, 0) is 24.3 Å². The smallest absolute Gasteiger partial charge is 0.324 e. The summed E-state index contributed by atoms with van der Waals surface area (Å²) in [6.45, 7) is -0.463. The molecule has 0 saturated heterocycles. The maximum absolute atomic E-state index is 13.0. The average molecular weight is 404 g/mol. The van der Waals surface area contributed by atoms with E-state index in [1.54, 1.807) is 18.3 Å². The Kier molecular flexibility index (Phi) is 4.34. The van der Waals surface area contributed by atoms with E-state index >= 15 is 0 Å². The van der Waals surface area contributed by atoms with E-state index in [4.69, 9.17) is 0 Å². The third-order valence-corrected chi connectivity index (χ3v) is 5.13. The standard InChI is InChI=1S/C18H11F3N4O2S/c19-18(20,21)11-5-1-2-6-12(11)24-13(26)8-25-9-23-14-10-4-3-7-22-16(10)28-15(14)17(25)27/h1-7,9H,8H2,(H,24,26). The Balaban J connectivity index is 1.64. The second-order valence-corrected chi connectivity index (χ2v) is 6.90. The number of fused-ring (bicyclic) bond motifs is 3. The molecule has 10 heteroatoms. The van der Waals surface area contributed by atoms with Crippen LogP contribution in [0.5, 0.6) is 0 Å². The van der Waals surface area contributed by atoms with Gasteiger partial charge in [0.1, 0.15) is 16.1 Å². The maximum atomic E-state index is 13.0. The second kappa shape index (κ2) is 6.71. The molecular weight excluding hydrogens is 393 g/mol. The summed E-state index contributed by atoms with van der Waals surface area (Å²) in [5.74, 6) is -0.765. The first kappa shape index (κ1) is 18.1. The number of para-hydroxylation sites is 1. The van der Waals surface area contributed by atoms with Gasteiger partial charge in [-0.3, -0.25) is 14.2 Å². The van der Waals surface area contributed by atoms with Crippen LogP contribution in [0.4, 0.5) is 18.9 Å². The number of anilines is 1. The summed E-state index contributed by atoms with van der Waals surface area (Å²) in [6.07, 6.45) is -1.80. The molecule has 1 N–H and O–H groups in total. The van der Waals surface area contributed by atoms with E-state index in [1.807, 2.05) is 0 Å². The van der Waals surface area contributed by atoms with Crippen molar-refractivity contribution < 1.29 is 18.0 Å². The molecule has 3 heterocycles. The fourth-order valence-corrected chi connectivity index (χ4v) is 3.84. The number of thiophene rings is 1. The molecule has 0 radical (unpaired) electrons. The predicted molar refractivity (Wildman–Crippen MR) is 99.3 cm³/mol. The van der Waals surface area contributed by atoms with Gasteiger partial charge in [0, 0.05) is 11.6 Å². The monoisotopic (exact) mass is 404 g/mol. The van der Waals surface area contributed by atoms with Crippen molar-refractivity contribution >= 4 is 43.4 Å². The molecule has 4 rings (SSSR count). The third-order valence-electron chi connectivity index (χ3n) is 4.04. The van der Waals surface area contributed by atoms with E-state index in [-0.39, 0.29) is 5.69 Å². The van der Waals surface area contributed by atoms with Crippen LogP contribution < -0.4 is 10.9 Å². The van der Waals surface area contributed by atoms with Crippen molar-refractivity contribution in [2.75, 3.05) is 5.32 Å². The van der Waals surface area contributed by atoms with Crippen LogP contribution in [-0.2, 0) is 17.5 Å². The number of nitrogens with one attached hydrogen (secondary N) is 1. The van der Waals surface area contributed by atoms with Crippen LogP contribution in [0.15, 0.2) is 53.7 Å². The van der Waals surface area contributed by atoms with Gasteiger partial charge in [-0.2, -0.15) is 13.2 Å². The van der Waals surface area contributed by atoms with Crippen molar-refractivity contribution in [3.05, 3.63) is 64.8 Å². The molecule has 142 valence electrons. The summed E-state index contributed by atoms with van der Waals surface area (Å²) < 4.78 is 40.5. The second-order valence-electron chi connectivity index (χ2n) is 5.91. The Morgan fingerprint density at radius 2 is 1.93 bits per heavy atom. The van der Waals surface area contributed by atoms with Gasteiger partial charge in [-0.25, -0.2) is 9.97 Å². The quantitative estimate of drug-likeness (QED) is 0.565. The number of benzene rings is 1. The molecule has 0 aliphatic carbocycles. The van der Waals surface area contributed by atoms with Crippen LogP contribution in [0.3, 0.4) is 0 Å². The number of carbonyl (C=O) groups is 1. The molecule has 0 bridgehead atoms. The minimum atomic E-state index is -4.61. The number of amides is 1. The Morgan fingerprint density at radius 1 is 1.14 bits per heavy atom. The van der Waals surface area contributed by atoms with Gasteiger partial charge in [-0.1, -0.05) is 12.1 Å². The van der Waals surface area contributed by atoms with E-state index in [0.29, 0.717) is 15.0 Å². The predicted octanol–water partition coefficient (Wildman–Crippen LogP) is 3.66. The molecule has 0 aliphatic rings. The third kappa shape index (κ3) is 3.22. The van der Waals surface area contributed by atoms with Crippen molar-refractivity contribution in [3.8, 4) is 0 Å². The van der Waals surface area contributed by atoms with Crippen molar-refractivity contribution in [2.45, 2.75) is 12.7 Å². The summed E-state index contributed by atoms with van der Waals surface area (Å²) in [6, 6.07) is 8.17. The van der Waals surface area contributed by atoms with Crippen molar-refractivity contribution in [1.82, 2.24) is 14.5 Å². The van der Waals surface area contributed by atoms with E-state index < -0.39 is 29.8 Å². The molecule has 0 fully saturated rings. The molecule has 0 aliphatic heterocycles. The summed E-state index contributed by atoms with van der Waals surface area (Å²) >= 11 is 1.15. The van der Waals surface area contributed by atoms with Crippen molar-refractivity contribution in [3.63, 3.8) is 0 Å². The van der Waals surface area contributed by atoms with Gasteiger partial charge in [0.2, 0.25) is 5.91 Å². The van der Waals surface area contributed by atoms with Gasteiger partial charge in [0.15, 0.2) is 0 Å². The van der Waals surface area contributed by atoms with Crippen LogP contribution in [0.1, 0.15) is 5.56 Å². The van der Waals surface area contributed by atoms with E-state index in [0.717, 1.165) is 33.4 Å².